The Labute approximate surface area is 149 Å². The summed E-state index contributed by atoms with van der Waals surface area (Å²) in [4.78, 5) is 25.1. The Hall–Kier alpha value is -2.89. The Balaban J connectivity index is 1.88. The van der Waals surface area contributed by atoms with Crippen LogP contribution in [0.25, 0.3) is 11.4 Å². The first kappa shape index (κ1) is 15.6. The van der Waals surface area contributed by atoms with Crippen molar-refractivity contribution in [3.05, 3.63) is 81.4 Å². The zero-order chi connectivity index (χ0) is 17.6. The smallest absolute Gasteiger partial charge is 0.258 e. The van der Waals surface area contributed by atoms with Gasteiger partial charge < -0.3 is 16.4 Å². The lowest BCUT2D eigenvalue weighted by molar-refractivity contribution is -0.117. The summed E-state index contributed by atoms with van der Waals surface area (Å²) < 4.78 is 0. The molecular weight excluding hydrogens is 338 g/mol. The molecule has 0 aromatic heterocycles. The second-order valence-electron chi connectivity index (χ2n) is 5.82. The van der Waals surface area contributed by atoms with Gasteiger partial charge in [-0.05, 0) is 34.9 Å². The normalized spacial score (nSPS) is 16.2. The van der Waals surface area contributed by atoms with Gasteiger partial charge in [-0.15, -0.1) is 0 Å². The standard InChI is InChI=1S/C19H14ClN3O2/c20-13-6-4-11(5-7-13)16-14-15(19(25)22-16)17(23-18(14)24)12-3-1-2-10(8-12)9-21/h1-8H,9,21H2,(H,22,25)(H,23,24). The first-order valence-electron chi connectivity index (χ1n) is 7.75. The van der Waals surface area contributed by atoms with E-state index in [0.29, 0.717) is 34.1 Å². The maximum atomic E-state index is 12.5. The maximum absolute atomic E-state index is 12.5. The Bertz CT molecular complexity index is 974. The molecule has 0 aliphatic carbocycles. The number of carbonyl (C=O) groups is 2. The number of nitrogens with two attached hydrogens (primary N) is 1. The zero-order valence-electron chi connectivity index (χ0n) is 13.1. The van der Waals surface area contributed by atoms with Crippen LogP contribution in [0.2, 0.25) is 5.02 Å². The second-order valence-corrected chi connectivity index (χ2v) is 6.26. The largest absolute Gasteiger partial charge is 0.326 e. The summed E-state index contributed by atoms with van der Waals surface area (Å²) in [5.41, 5.74) is 9.84. The molecule has 6 heteroatoms. The average molecular weight is 352 g/mol. The third kappa shape index (κ3) is 2.54. The van der Waals surface area contributed by atoms with Crippen molar-refractivity contribution in [1.82, 2.24) is 10.6 Å². The van der Waals surface area contributed by atoms with Crippen LogP contribution in [0.1, 0.15) is 16.7 Å². The molecule has 0 fully saturated rings. The number of fused-ring (bicyclic) bond motifs is 1. The van der Waals surface area contributed by atoms with Gasteiger partial charge in [0.1, 0.15) is 0 Å². The molecule has 0 unspecified atom stereocenters. The van der Waals surface area contributed by atoms with Gasteiger partial charge in [0.15, 0.2) is 0 Å². The van der Waals surface area contributed by atoms with E-state index >= 15 is 0 Å². The zero-order valence-corrected chi connectivity index (χ0v) is 13.9. The number of nitrogens with one attached hydrogen (secondary N) is 2. The van der Waals surface area contributed by atoms with Crippen molar-refractivity contribution in [2.45, 2.75) is 6.54 Å². The summed E-state index contributed by atoms with van der Waals surface area (Å²) in [6.07, 6.45) is 0. The number of carbonyl (C=O) groups excluding carboxylic acids is 2. The molecule has 4 rings (SSSR count). The van der Waals surface area contributed by atoms with Crippen LogP contribution in [0.5, 0.6) is 0 Å². The molecule has 0 atom stereocenters. The predicted octanol–water partition coefficient (Wildman–Crippen LogP) is 2.18. The lowest BCUT2D eigenvalue weighted by atomic mass is 10.0. The number of benzene rings is 2. The molecule has 2 amide bonds. The van der Waals surface area contributed by atoms with Gasteiger partial charge in [0.05, 0.1) is 22.5 Å². The number of rotatable bonds is 3. The third-order valence-corrected chi connectivity index (χ3v) is 4.52. The first-order valence-corrected chi connectivity index (χ1v) is 8.13. The van der Waals surface area contributed by atoms with Crippen molar-refractivity contribution in [2.75, 3.05) is 0 Å². The number of hydrogen-bond donors (Lipinski definition) is 3. The molecular formula is C19H14ClN3O2. The first-order chi connectivity index (χ1) is 12.1. The fourth-order valence-electron chi connectivity index (χ4n) is 3.08. The van der Waals surface area contributed by atoms with Crippen LogP contribution in [0.15, 0.2) is 59.7 Å². The molecule has 0 saturated carbocycles. The van der Waals surface area contributed by atoms with E-state index in [-0.39, 0.29) is 11.8 Å². The summed E-state index contributed by atoms with van der Waals surface area (Å²) in [6.45, 7) is 0.384. The number of hydrogen-bond acceptors (Lipinski definition) is 3. The highest BCUT2D eigenvalue weighted by atomic mass is 35.5. The van der Waals surface area contributed by atoms with Crippen LogP contribution in [-0.2, 0) is 16.1 Å². The average Bonchev–Trinajstić information content (AvgIpc) is 3.15. The molecule has 2 heterocycles. The molecule has 124 valence electrons. The summed E-state index contributed by atoms with van der Waals surface area (Å²) in [5.74, 6) is -0.599. The maximum Gasteiger partial charge on any atom is 0.258 e. The highest BCUT2D eigenvalue weighted by molar-refractivity contribution is 6.31. The molecule has 2 aliphatic heterocycles. The van der Waals surface area contributed by atoms with Gasteiger partial charge in [0, 0.05) is 11.6 Å². The minimum absolute atomic E-state index is 0.300. The molecule has 2 aromatic carbocycles. The number of halogens is 1. The van der Waals surface area contributed by atoms with Crippen molar-refractivity contribution in [3.8, 4) is 0 Å². The topological polar surface area (TPSA) is 84.2 Å². The van der Waals surface area contributed by atoms with Gasteiger partial charge in [-0.1, -0.05) is 41.9 Å². The molecule has 4 N–H and O–H groups in total. The van der Waals surface area contributed by atoms with E-state index < -0.39 is 0 Å². The molecule has 25 heavy (non-hydrogen) atoms. The summed E-state index contributed by atoms with van der Waals surface area (Å²) in [5, 5.41) is 6.21. The van der Waals surface area contributed by atoms with Crippen LogP contribution in [0.4, 0.5) is 0 Å². The lowest BCUT2D eigenvalue weighted by Crippen LogP contribution is -2.21. The van der Waals surface area contributed by atoms with E-state index in [1.54, 1.807) is 24.3 Å². The predicted molar refractivity (Wildman–Crippen MR) is 95.9 cm³/mol. The van der Waals surface area contributed by atoms with Gasteiger partial charge in [0.25, 0.3) is 11.8 Å². The van der Waals surface area contributed by atoms with E-state index in [0.717, 1.165) is 16.7 Å². The molecule has 0 bridgehead atoms. The van der Waals surface area contributed by atoms with E-state index in [4.69, 9.17) is 17.3 Å². The van der Waals surface area contributed by atoms with Gasteiger partial charge in [0.2, 0.25) is 0 Å². The van der Waals surface area contributed by atoms with Crippen LogP contribution in [0.3, 0.4) is 0 Å². The fraction of sp³-hybridized carbons (Fsp3) is 0.0526. The molecule has 0 saturated heterocycles. The van der Waals surface area contributed by atoms with E-state index in [1.165, 1.54) is 0 Å². The Kier molecular flexibility index (Phi) is 3.67. The van der Waals surface area contributed by atoms with Crippen molar-refractivity contribution in [2.24, 2.45) is 5.73 Å². The minimum Gasteiger partial charge on any atom is -0.326 e. The Morgan fingerprint density at radius 2 is 1.44 bits per heavy atom. The Morgan fingerprint density at radius 1 is 0.840 bits per heavy atom. The molecule has 2 aliphatic rings. The summed E-state index contributed by atoms with van der Waals surface area (Å²) in [6, 6.07) is 14.5. The molecule has 0 spiro atoms. The molecule has 5 nitrogen and oxygen atoms in total. The second kappa shape index (κ2) is 5.88. The molecule has 2 aromatic rings. The van der Waals surface area contributed by atoms with E-state index in [2.05, 4.69) is 10.6 Å². The fourth-order valence-corrected chi connectivity index (χ4v) is 3.21. The van der Waals surface area contributed by atoms with Crippen LogP contribution >= 0.6 is 11.6 Å². The summed E-state index contributed by atoms with van der Waals surface area (Å²) in [7, 11) is 0. The van der Waals surface area contributed by atoms with Gasteiger partial charge in [-0.3, -0.25) is 9.59 Å². The summed E-state index contributed by atoms with van der Waals surface area (Å²) >= 11 is 5.92. The van der Waals surface area contributed by atoms with Gasteiger partial charge in [-0.2, -0.15) is 0 Å². The van der Waals surface area contributed by atoms with Crippen molar-refractivity contribution in [3.63, 3.8) is 0 Å². The SMILES string of the molecule is NCc1cccc(C2=C3C(=O)NC(c4ccc(Cl)cc4)=C3C(=O)N2)c1. The van der Waals surface area contributed by atoms with Crippen LogP contribution in [-0.4, -0.2) is 11.8 Å². The van der Waals surface area contributed by atoms with Gasteiger partial charge in [-0.25, -0.2) is 0 Å². The van der Waals surface area contributed by atoms with Crippen LogP contribution in [0, 0.1) is 0 Å². The number of amides is 2. The minimum atomic E-state index is -0.300. The lowest BCUT2D eigenvalue weighted by Gasteiger charge is -2.08. The molecule has 0 radical (unpaired) electrons. The van der Waals surface area contributed by atoms with Crippen molar-refractivity contribution in [1.29, 1.82) is 0 Å². The quantitative estimate of drug-likeness (QED) is 0.792. The highest BCUT2D eigenvalue weighted by Crippen LogP contribution is 2.37. The van der Waals surface area contributed by atoms with E-state index in [9.17, 15) is 9.59 Å². The highest BCUT2D eigenvalue weighted by Gasteiger charge is 2.40. The van der Waals surface area contributed by atoms with Crippen LogP contribution < -0.4 is 16.4 Å². The van der Waals surface area contributed by atoms with Gasteiger partial charge >= 0.3 is 0 Å². The van der Waals surface area contributed by atoms with E-state index in [1.807, 2.05) is 24.3 Å². The van der Waals surface area contributed by atoms with Crippen molar-refractivity contribution >= 4 is 34.8 Å². The van der Waals surface area contributed by atoms with Crippen molar-refractivity contribution < 1.29 is 9.59 Å². The third-order valence-electron chi connectivity index (χ3n) is 4.27. The monoisotopic (exact) mass is 351 g/mol. The Morgan fingerprint density at radius 3 is 2.04 bits per heavy atom.